The van der Waals surface area contributed by atoms with Crippen molar-refractivity contribution in [3.63, 3.8) is 0 Å². The Morgan fingerprint density at radius 3 is 2.64 bits per heavy atom. The number of H-pyrrole nitrogens is 1. The van der Waals surface area contributed by atoms with Gasteiger partial charge in [-0.25, -0.2) is 4.79 Å². The van der Waals surface area contributed by atoms with Gasteiger partial charge in [0.05, 0.1) is 0 Å². The van der Waals surface area contributed by atoms with Gasteiger partial charge in [-0.1, -0.05) is 0 Å². The van der Waals surface area contributed by atoms with E-state index in [0.717, 1.165) is 4.57 Å². The molecule has 0 aliphatic heterocycles. The fourth-order valence-electron chi connectivity index (χ4n) is 0.609. The predicted molar refractivity (Wildman–Crippen MR) is 49.4 cm³/mol. The van der Waals surface area contributed by atoms with Crippen molar-refractivity contribution >= 4 is 28.4 Å². The largest absolute Gasteiger partial charge is 0.384 e. The van der Waals surface area contributed by atoms with Crippen LogP contribution in [-0.4, -0.2) is 9.55 Å². The summed E-state index contributed by atoms with van der Waals surface area (Å²) in [5.74, 6) is 0.124. The second kappa shape index (κ2) is 2.68. The van der Waals surface area contributed by atoms with Crippen LogP contribution in [0.2, 0.25) is 0 Å². The molecule has 0 radical (unpaired) electrons. The first-order valence-electron chi connectivity index (χ1n) is 2.78. The number of nitrogens with zero attached hydrogens (tertiary/aromatic N) is 1. The molecule has 0 saturated heterocycles. The van der Waals surface area contributed by atoms with Gasteiger partial charge in [-0.3, -0.25) is 14.3 Å². The summed E-state index contributed by atoms with van der Waals surface area (Å²) >= 11 is 1.78. The van der Waals surface area contributed by atoms with Crippen LogP contribution in [0, 0.1) is 3.57 Å². The molecular formula is C5H6IN3O2. The minimum Gasteiger partial charge on any atom is -0.384 e. The fraction of sp³-hybridized carbons (Fsp3) is 0.200. The Bertz CT molecular complexity index is 392. The summed E-state index contributed by atoms with van der Waals surface area (Å²) in [6.07, 6.45) is 0. The molecule has 0 atom stereocenters. The Morgan fingerprint density at radius 1 is 1.55 bits per heavy atom. The van der Waals surface area contributed by atoms with Crippen LogP contribution < -0.4 is 17.0 Å². The Hall–Kier alpha value is -0.790. The molecule has 60 valence electrons. The van der Waals surface area contributed by atoms with Crippen molar-refractivity contribution in [3.05, 3.63) is 24.4 Å². The quantitative estimate of drug-likeness (QED) is 0.607. The van der Waals surface area contributed by atoms with E-state index in [9.17, 15) is 9.59 Å². The molecular weight excluding hydrogens is 261 g/mol. The van der Waals surface area contributed by atoms with E-state index in [1.54, 1.807) is 22.6 Å². The Labute approximate surface area is 75.4 Å². The van der Waals surface area contributed by atoms with Gasteiger partial charge in [0.2, 0.25) is 0 Å². The molecule has 6 heteroatoms. The third-order valence-electron chi connectivity index (χ3n) is 1.28. The smallest absolute Gasteiger partial charge is 0.329 e. The molecule has 0 spiro atoms. The van der Waals surface area contributed by atoms with Crippen LogP contribution in [0.4, 0.5) is 5.82 Å². The number of anilines is 1. The van der Waals surface area contributed by atoms with Crippen LogP contribution in [-0.2, 0) is 7.05 Å². The van der Waals surface area contributed by atoms with Crippen LogP contribution in [0.1, 0.15) is 0 Å². The second-order valence-corrected chi connectivity index (χ2v) is 3.10. The lowest BCUT2D eigenvalue weighted by Crippen LogP contribution is -2.35. The lowest BCUT2D eigenvalue weighted by atomic mass is 10.6. The standard InChI is InChI=1S/C5H6IN3O2/c1-9-4(10)2(6)3(7)8-5(9)11/h7H2,1H3,(H,8,11). The zero-order chi connectivity index (χ0) is 8.59. The molecule has 1 aromatic heterocycles. The average molecular weight is 267 g/mol. The van der Waals surface area contributed by atoms with E-state index in [-0.39, 0.29) is 11.4 Å². The molecule has 0 fully saturated rings. The highest BCUT2D eigenvalue weighted by Gasteiger charge is 2.04. The lowest BCUT2D eigenvalue weighted by Gasteiger charge is -1.98. The first-order chi connectivity index (χ1) is 5.04. The van der Waals surface area contributed by atoms with Gasteiger partial charge >= 0.3 is 5.69 Å². The average Bonchev–Trinajstić information content (AvgIpc) is 1.97. The van der Waals surface area contributed by atoms with E-state index in [0.29, 0.717) is 3.57 Å². The maximum Gasteiger partial charge on any atom is 0.329 e. The van der Waals surface area contributed by atoms with Crippen molar-refractivity contribution in [2.45, 2.75) is 0 Å². The van der Waals surface area contributed by atoms with Crippen LogP contribution in [0.15, 0.2) is 9.59 Å². The Kier molecular flexibility index (Phi) is 2.03. The van der Waals surface area contributed by atoms with Crippen molar-refractivity contribution in [2.24, 2.45) is 7.05 Å². The summed E-state index contributed by atoms with van der Waals surface area (Å²) in [5.41, 5.74) is 4.45. The highest BCUT2D eigenvalue weighted by molar-refractivity contribution is 14.1. The fourth-order valence-corrected chi connectivity index (χ4v) is 1.11. The summed E-state index contributed by atoms with van der Waals surface area (Å²) in [6, 6.07) is 0. The summed E-state index contributed by atoms with van der Waals surface area (Å²) in [6.45, 7) is 0. The van der Waals surface area contributed by atoms with Crippen molar-refractivity contribution in [3.8, 4) is 0 Å². The second-order valence-electron chi connectivity index (χ2n) is 2.02. The van der Waals surface area contributed by atoms with Crippen LogP contribution in [0.3, 0.4) is 0 Å². The number of nitrogen functional groups attached to an aromatic ring is 1. The topological polar surface area (TPSA) is 80.9 Å². The molecule has 0 bridgehead atoms. The van der Waals surface area contributed by atoms with Gasteiger partial charge in [-0.05, 0) is 22.6 Å². The molecule has 11 heavy (non-hydrogen) atoms. The molecule has 1 aromatic rings. The van der Waals surface area contributed by atoms with E-state index >= 15 is 0 Å². The van der Waals surface area contributed by atoms with Crippen LogP contribution in [0.25, 0.3) is 0 Å². The normalized spacial score (nSPS) is 10.0. The summed E-state index contributed by atoms with van der Waals surface area (Å²) < 4.78 is 1.31. The van der Waals surface area contributed by atoms with Crippen LogP contribution >= 0.6 is 22.6 Å². The predicted octanol–water partition coefficient (Wildman–Crippen LogP) is -0.740. The van der Waals surface area contributed by atoms with E-state index in [4.69, 9.17) is 5.73 Å². The molecule has 0 aliphatic rings. The number of rotatable bonds is 0. The van der Waals surface area contributed by atoms with E-state index in [1.165, 1.54) is 7.05 Å². The highest BCUT2D eigenvalue weighted by atomic mass is 127. The minimum absolute atomic E-state index is 0.124. The SMILES string of the molecule is Cn1c(=O)[nH]c(N)c(I)c1=O. The summed E-state index contributed by atoms with van der Waals surface area (Å²) in [5, 5.41) is 0. The molecule has 1 heterocycles. The maximum absolute atomic E-state index is 11.1. The van der Waals surface area contributed by atoms with Crippen molar-refractivity contribution in [1.29, 1.82) is 0 Å². The van der Waals surface area contributed by atoms with Gasteiger partial charge in [0.25, 0.3) is 5.56 Å². The lowest BCUT2D eigenvalue weighted by molar-refractivity contribution is 0.772. The van der Waals surface area contributed by atoms with Gasteiger partial charge < -0.3 is 5.73 Å². The van der Waals surface area contributed by atoms with Gasteiger partial charge in [0, 0.05) is 7.05 Å². The highest BCUT2D eigenvalue weighted by Crippen LogP contribution is 2.01. The number of aromatic amines is 1. The summed E-state index contributed by atoms with van der Waals surface area (Å²) in [4.78, 5) is 24.2. The number of hydrogen-bond acceptors (Lipinski definition) is 3. The first-order valence-corrected chi connectivity index (χ1v) is 3.86. The summed E-state index contributed by atoms with van der Waals surface area (Å²) in [7, 11) is 1.39. The first kappa shape index (κ1) is 8.31. The van der Waals surface area contributed by atoms with Gasteiger partial charge in [-0.15, -0.1) is 0 Å². The molecule has 5 nitrogen and oxygen atoms in total. The third kappa shape index (κ3) is 1.30. The molecule has 1 rings (SSSR count). The molecule has 0 unspecified atom stereocenters. The van der Waals surface area contributed by atoms with E-state index in [2.05, 4.69) is 4.98 Å². The minimum atomic E-state index is -0.493. The van der Waals surface area contributed by atoms with Crippen molar-refractivity contribution in [1.82, 2.24) is 9.55 Å². The number of halogens is 1. The number of hydrogen-bond donors (Lipinski definition) is 2. The zero-order valence-electron chi connectivity index (χ0n) is 5.72. The Morgan fingerprint density at radius 2 is 2.09 bits per heavy atom. The zero-order valence-corrected chi connectivity index (χ0v) is 7.88. The molecule has 0 aliphatic carbocycles. The van der Waals surface area contributed by atoms with Gasteiger partial charge in [-0.2, -0.15) is 0 Å². The van der Waals surface area contributed by atoms with E-state index in [1.807, 2.05) is 0 Å². The van der Waals surface area contributed by atoms with Gasteiger partial charge in [0.1, 0.15) is 9.39 Å². The van der Waals surface area contributed by atoms with E-state index < -0.39 is 5.69 Å². The van der Waals surface area contributed by atoms with Crippen molar-refractivity contribution in [2.75, 3.05) is 5.73 Å². The maximum atomic E-state index is 11.1. The molecule has 0 aromatic carbocycles. The van der Waals surface area contributed by atoms with Gasteiger partial charge in [0.15, 0.2) is 0 Å². The molecule has 0 amide bonds. The van der Waals surface area contributed by atoms with Crippen LogP contribution in [0.5, 0.6) is 0 Å². The number of nitrogens with two attached hydrogens (primary N) is 1. The monoisotopic (exact) mass is 267 g/mol. The third-order valence-corrected chi connectivity index (χ3v) is 2.32. The number of aromatic nitrogens is 2. The molecule has 3 N–H and O–H groups in total. The van der Waals surface area contributed by atoms with Crippen molar-refractivity contribution < 1.29 is 0 Å². The number of nitrogens with one attached hydrogen (secondary N) is 1. The molecule has 0 saturated carbocycles. The Balaban J connectivity index is 3.74.